The Labute approximate surface area is 127 Å². The Morgan fingerprint density at radius 3 is 2.67 bits per heavy atom. The normalized spacial score (nSPS) is 18.2. The van der Waals surface area contributed by atoms with E-state index in [0.29, 0.717) is 18.0 Å². The summed E-state index contributed by atoms with van der Waals surface area (Å²) in [6.45, 7) is 4.19. The van der Waals surface area contributed by atoms with Crippen LogP contribution < -0.4 is 10.5 Å². The summed E-state index contributed by atoms with van der Waals surface area (Å²) < 4.78 is 5.33. The number of azo groups is 1. The molecule has 0 fully saturated rings. The fourth-order valence-electron chi connectivity index (χ4n) is 1.75. The molecule has 0 saturated carbocycles. The van der Waals surface area contributed by atoms with E-state index in [4.69, 9.17) is 22.7 Å². The molecule has 7 nitrogen and oxygen atoms in total. The highest BCUT2D eigenvalue weighted by molar-refractivity contribution is 7.80. The van der Waals surface area contributed by atoms with E-state index >= 15 is 0 Å². The van der Waals surface area contributed by atoms with Crippen molar-refractivity contribution in [3.05, 3.63) is 24.3 Å². The molecular formula is C13H15N5O2S. The van der Waals surface area contributed by atoms with Crippen molar-refractivity contribution in [2.45, 2.75) is 19.9 Å². The molecule has 0 aromatic heterocycles. The molecule has 1 aliphatic rings. The van der Waals surface area contributed by atoms with Crippen LogP contribution in [0.15, 0.2) is 39.6 Å². The minimum atomic E-state index is -0.780. The van der Waals surface area contributed by atoms with Gasteiger partial charge in [-0.25, -0.2) is 0 Å². The van der Waals surface area contributed by atoms with Crippen molar-refractivity contribution in [3.63, 3.8) is 0 Å². The number of benzene rings is 1. The molecule has 1 heterocycles. The monoisotopic (exact) mass is 305 g/mol. The second-order valence-corrected chi connectivity index (χ2v) is 4.69. The number of nitrogens with zero attached hydrogens (tertiary/aromatic N) is 4. The minimum Gasteiger partial charge on any atom is -0.494 e. The Kier molecular flexibility index (Phi) is 4.59. The maximum atomic E-state index is 12.0. The van der Waals surface area contributed by atoms with Crippen LogP contribution in [-0.4, -0.2) is 34.4 Å². The maximum Gasteiger partial charge on any atom is 0.282 e. The van der Waals surface area contributed by atoms with E-state index < -0.39 is 11.9 Å². The van der Waals surface area contributed by atoms with Crippen LogP contribution in [0.25, 0.3) is 0 Å². The highest BCUT2D eigenvalue weighted by Gasteiger charge is 2.35. The summed E-state index contributed by atoms with van der Waals surface area (Å²) in [5.74, 6) is 0.362. The average Bonchev–Trinajstić information content (AvgIpc) is 2.74. The molecule has 110 valence electrons. The molecular weight excluding hydrogens is 290 g/mol. The van der Waals surface area contributed by atoms with Gasteiger partial charge in [0.15, 0.2) is 11.2 Å². The summed E-state index contributed by atoms with van der Waals surface area (Å²) in [5, 5.41) is 12.9. The zero-order chi connectivity index (χ0) is 15.4. The maximum absolute atomic E-state index is 12.0. The first-order chi connectivity index (χ1) is 10.0. The minimum absolute atomic E-state index is 0.0990. The second-order valence-electron chi connectivity index (χ2n) is 4.27. The van der Waals surface area contributed by atoms with Crippen molar-refractivity contribution < 1.29 is 9.53 Å². The van der Waals surface area contributed by atoms with Crippen LogP contribution in [0.2, 0.25) is 0 Å². The molecule has 1 aromatic carbocycles. The van der Waals surface area contributed by atoms with Crippen LogP contribution in [-0.2, 0) is 4.79 Å². The number of carbonyl (C=O) groups excluding carboxylic acids is 1. The van der Waals surface area contributed by atoms with Gasteiger partial charge in [0, 0.05) is 0 Å². The van der Waals surface area contributed by atoms with Gasteiger partial charge in [-0.1, -0.05) is 0 Å². The third-order valence-electron chi connectivity index (χ3n) is 2.74. The number of carbonyl (C=O) groups is 1. The number of hydrogen-bond donors (Lipinski definition) is 1. The molecule has 21 heavy (non-hydrogen) atoms. The zero-order valence-corrected chi connectivity index (χ0v) is 12.5. The lowest BCUT2D eigenvalue weighted by Gasteiger charge is -2.08. The van der Waals surface area contributed by atoms with Crippen LogP contribution in [0.3, 0.4) is 0 Å². The van der Waals surface area contributed by atoms with Gasteiger partial charge < -0.3 is 10.5 Å². The molecule has 8 heteroatoms. The van der Waals surface area contributed by atoms with Gasteiger partial charge in [0.2, 0.25) is 0 Å². The lowest BCUT2D eigenvalue weighted by atomic mass is 10.2. The number of rotatable bonds is 4. The molecule has 2 rings (SSSR count). The number of hydrazone groups is 1. The first kappa shape index (κ1) is 15.0. The molecule has 0 spiro atoms. The molecule has 0 radical (unpaired) electrons. The van der Waals surface area contributed by atoms with E-state index in [0.717, 1.165) is 10.8 Å². The lowest BCUT2D eigenvalue weighted by molar-refractivity contribution is -0.126. The van der Waals surface area contributed by atoms with Crippen LogP contribution in [0, 0.1) is 0 Å². The highest BCUT2D eigenvalue weighted by atomic mass is 32.1. The summed E-state index contributed by atoms with van der Waals surface area (Å²) in [6, 6.07) is 6.31. The van der Waals surface area contributed by atoms with Gasteiger partial charge in [0.1, 0.15) is 5.75 Å². The first-order valence-electron chi connectivity index (χ1n) is 6.35. The van der Waals surface area contributed by atoms with Crippen LogP contribution in [0.4, 0.5) is 5.69 Å². The summed E-state index contributed by atoms with van der Waals surface area (Å²) in [5.41, 5.74) is 6.53. The number of nitrogens with two attached hydrogens (primary N) is 1. The summed E-state index contributed by atoms with van der Waals surface area (Å²) in [7, 11) is 0. The quantitative estimate of drug-likeness (QED) is 0.680. The Hall–Kier alpha value is -2.35. The number of thiocarbonyl (C=S) groups is 1. The number of ether oxygens (including phenoxy) is 1. The predicted molar refractivity (Wildman–Crippen MR) is 82.7 cm³/mol. The van der Waals surface area contributed by atoms with Crippen LogP contribution >= 0.6 is 12.2 Å². The average molecular weight is 305 g/mol. The summed E-state index contributed by atoms with van der Waals surface area (Å²) in [4.78, 5) is 12.0. The van der Waals surface area contributed by atoms with Crippen LogP contribution in [0.5, 0.6) is 5.75 Å². The largest absolute Gasteiger partial charge is 0.494 e. The summed E-state index contributed by atoms with van der Waals surface area (Å²) in [6.07, 6.45) is 0. The lowest BCUT2D eigenvalue weighted by Crippen LogP contribution is -2.37. The van der Waals surface area contributed by atoms with Gasteiger partial charge >= 0.3 is 0 Å². The van der Waals surface area contributed by atoms with Gasteiger partial charge in [0.05, 0.1) is 18.0 Å². The van der Waals surface area contributed by atoms with Crippen molar-refractivity contribution >= 4 is 34.6 Å². The number of hydrogen-bond acceptors (Lipinski definition) is 6. The standard InChI is InChI=1S/C13H15N5O2S/c1-3-20-10-6-4-9(5-7-10)15-16-11-8(2)17-18(12(11)19)13(14)21/h4-7,11H,3H2,1-2H3,(H2,14,21)/t11-/m0/s1. The molecule has 1 aliphatic heterocycles. The smallest absolute Gasteiger partial charge is 0.282 e. The third kappa shape index (κ3) is 3.40. The Morgan fingerprint density at radius 1 is 1.48 bits per heavy atom. The van der Waals surface area contributed by atoms with E-state index in [1.54, 1.807) is 31.2 Å². The van der Waals surface area contributed by atoms with E-state index in [2.05, 4.69) is 15.3 Å². The van der Waals surface area contributed by atoms with Crippen molar-refractivity contribution in [2.24, 2.45) is 21.1 Å². The molecule has 1 atom stereocenters. The fraction of sp³-hybridized carbons (Fsp3) is 0.308. The van der Waals surface area contributed by atoms with Gasteiger partial charge in [0.25, 0.3) is 5.91 Å². The molecule has 0 bridgehead atoms. The Bertz CT molecular complexity index is 611. The van der Waals surface area contributed by atoms with Crippen molar-refractivity contribution in [3.8, 4) is 5.75 Å². The van der Waals surface area contributed by atoms with Crippen molar-refractivity contribution in [1.29, 1.82) is 0 Å². The summed E-state index contributed by atoms with van der Waals surface area (Å²) >= 11 is 4.74. The van der Waals surface area contributed by atoms with Gasteiger partial charge in [-0.2, -0.15) is 20.3 Å². The fourth-order valence-corrected chi connectivity index (χ4v) is 1.88. The molecule has 0 saturated heterocycles. The molecule has 0 unspecified atom stereocenters. The van der Waals surface area contributed by atoms with Crippen molar-refractivity contribution in [1.82, 2.24) is 5.01 Å². The zero-order valence-electron chi connectivity index (χ0n) is 11.7. The van der Waals surface area contributed by atoms with Gasteiger partial charge in [-0.3, -0.25) is 4.79 Å². The molecule has 1 aromatic rings. The second kappa shape index (κ2) is 6.40. The van der Waals surface area contributed by atoms with E-state index in [-0.39, 0.29) is 5.11 Å². The van der Waals surface area contributed by atoms with E-state index in [1.165, 1.54) is 0 Å². The van der Waals surface area contributed by atoms with Crippen LogP contribution in [0.1, 0.15) is 13.8 Å². The SMILES string of the molecule is CCOc1ccc(N=N[C@@H]2C(=O)N(C(N)=S)N=C2C)cc1. The molecule has 1 amide bonds. The third-order valence-corrected chi connectivity index (χ3v) is 2.91. The Balaban J connectivity index is 2.09. The topological polar surface area (TPSA) is 92.6 Å². The first-order valence-corrected chi connectivity index (χ1v) is 6.76. The Morgan fingerprint density at radius 2 is 2.14 bits per heavy atom. The molecule has 2 N–H and O–H groups in total. The van der Waals surface area contributed by atoms with Gasteiger partial charge in [-0.05, 0) is 50.3 Å². The predicted octanol–water partition coefficient (Wildman–Crippen LogP) is 2.00. The highest BCUT2D eigenvalue weighted by Crippen LogP contribution is 2.20. The molecule has 0 aliphatic carbocycles. The number of amides is 1. The van der Waals surface area contributed by atoms with Crippen molar-refractivity contribution in [2.75, 3.05) is 6.61 Å². The van der Waals surface area contributed by atoms with Gasteiger partial charge in [-0.15, -0.1) is 0 Å². The van der Waals surface area contributed by atoms with E-state index in [9.17, 15) is 4.79 Å². The van der Waals surface area contributed by atoms with E-state index in [1.807, 2.05) is 6.92 Å².